The maximum Gasteiger partial charge on any atom is 0.185 e. The molecule has 96 valence electrons. The predicted molar refractivity (Wildman–Crippen MR) is 73.2 cm³/mol. The molecule has 0 aliphatic heterocycles. The lowest BCUT2D eigenvalue weighted by Gasteiger charge is -2.01. The molecule has 0 amide bonds. The first kappa shape index (κ1) is 14.6. The molecular weight excluding hydrogens is 251 g/mol. The molecule has 0 bridgehead atoms. The second kappa shape index (κ2) is 7.11. The predicted octanol–water partition coefficient (Wildman–Crippen LogP) is 3.71. The molecule has 1 aromatic carbocycles. The van der Waals surface area contributed by atoms with E-state index in [4.69, 9.17) is 0 Å². The van der Waals surface area contributed by atoms with Crippen molar-refractivity contribution in [2.75, 3.05) is 5.75 Å². The van der Waals surface area contributed by atoms with E-state index < -0.39 is 5.82 Å². The number of rotatable bonds is 5. The standard InChI is InChI=1S/C14H15FO2S/c1-10(16)13-8-5-7-12(14(13)15)6-3-4-9-18-11(2)17/h3,5-8H,4,9H2,1-2H3. The van der Waals surface area contributed by atoms with Crippen LogP contribution in [0, 0.1) is 5.82 Å². The Kier molecular flexibility index (Phi) is 5.78. The number of thioether (sulfide) groups is 1. The molecule has 2 nitrogen and oxygen atoms in total. The van der Waals surface area contributed by atoms with Crippen molar-refractivity contribution in [1.29, 1.82) is 0 Å². The van der Waals surface area contributed by atoms with Gasteiger partial charge < -0.3 is 0 Å². The van der Waals surface area contributed by atoms with Gasteiger partial charge in [-0.15, -0.1) is 0 Å². The highest BCUT2D eigenvalue weighted by molar-refractivity contribution is 8.13. The lowest BCUT2D eigenvalue weighted by atomic mass is 10.1. The van der Waals surface area contributed by atoms with Gasteiger partial charge in [-0.2, -0.15) is 0 Å². The Morgan fingerprint density at radius 2 is 2.06 bits per heavy atom. The summed E-state index contributed by atoms with van der Waals surface area (Å²) in [7, 11) is 0. The van der Waals surface area contributed by atoms with E-state index >= 15 is 0 Å². The average Bonchev–Trinajstić information content (AvgIpc) is 2.30. The smallest absolute Gasteiger partial charge is 0.185 e. The molecule has 4 heteroatoms. The van der Waals surface area contributed by atoms with Crippen molar-refractivity contribution >= 4 is 28.7 Å². The number of halogens is 1. The molecule has 0 saturated carbocycles. The van der Waals surface area contributed by atoms with Crippen LogP contribution in [0.5, 0.6) is 0 Å². The zero-order valence-corrected chi connectivity index (χ0v) is 11.2. The molecule has 1 rings (SSSR count). The number of ketones is 1. The molecule has 0 unspecified atom stereocenters. The monoisotopic (exact) mass is 266 g/mol. The van der Waals surface area contributed by atoms with Crippen molar-refractivity contribution in [1.82, 2.24) is 0 Å². The van der Waals surface area contributed by atoms with Gasteiger partial charge in [0, 0.05) is 18.2 Å². The van der Waals surface area contributed by atoms with Crippen LogP contribution in [-0.2, 0) is 4.79 Å². The van der Waals surface area contributed by atoms with Gasteiger partial charge in [0.1, 0.15) is 5.82 Å². The summed E-state index contributed by atoms with van der Waals surface area (Å²) < 4.78 is 13.8. The molecule has 0 fully saturated rings. The van der Waals surface area contributed by atoms with E-state index in [9.17, 15) is 14.0 Å². The molecule has 0 spiro atoms. The normalized spacial score (nSPS) is 10.8. The first-order valence-corrected chi connectivity index (χ1v) is 6.60. The van der Waals surface area contributed by atoms with Crippen LogP contribution in [0.3, 0.4) is 0 Å². The van der Waals surface area contributed by atoms with Crippen LogP contribution in [0.4, 0.5) is 4.39 Å². The zero-order chi connectivity index (χ0) is 13.5. The second-order valence-electron chi connectivity index (χ2n) is 3.80. The molecule has 0 radical (unpaired) electrons. The van der Waals surface area contributed by atoms with E-state index in [2.05, 4.69) is 0 Å². The summed E-state index contributed by atoms with van der Waals surface area (Å²) in [5.74, 6) is -0.0878. The molecule has 0 aromatic heterocycles. The van der Waals surface area contributed by atoms with Crippen molar-refractivity contribution in [3.05, 3.63) is 41.2 Å². The summed E-state index contributed by atoms with van der Waals surface area (Å²) >= 11 is 1.24. The quantitative estimate of drug-likeness (QED) is 0.602. The van der Waals surface area contributed by atoms with E-state index in [1.807, 2.05) is 0 Å². The van der Waals surface area contributed by atoms with Gasteiger partial charge in [0.2, 0.25) is 0 Å². The zero-order valence-electron chi connectivity index (χ0n) is 10.4. The van der Waals surface area contributed by atoms with E-state index in [0.717, 1.165) is 0 Å². The van der Waals surface area contributed by atoms with Gasteiger partial charge in [-0.25, -0.2) is 4.39 Å². The third-order valence-electron chi connectivity index (χ3n) is 2.30. The minimum absolute atomic E-state index is 0.0770. The Labute approximate surface area is 110 Å². The summed E-state index contributed by atoms with van der Waals surface area (Å²) in [5.41, 5.74) is 0.505. The number of hydrogen-bond donors (Lipinski definition) is 0. The molecule has 0 aliphatic rings. The van der Waals surface area contributed by atoms with Gasteiger partial charge >= 0.3 is 0 Å². The van der Waals surface area contributed by atoms with Crippen molar-refractivity contribution in [2.24, 2.45) is 0 Å². The van der Waals surface area contributed by atoms with Crippen LogP contribution >= 0.6 is 11.8 Å². The largest absolute Gasteiger partial charge is 0.294 e. The Hall–Kier alpha value is -1.42. The fourth-order valence-corrected chi connectivity index (χ4v) is 1.97. The number of carbonyl (C=O) groups is 2. The number of benzene rings is 1. The molecular formula is C14H15FO2S. The van der Waals surface area contributed by atoms with Crippen LogP contribution in [-0.4, -0.2) is 16.7 Å². The summed E-state index contributed by atoms with van der Waals surface area (Å²) in [4.78, 5) is 21.9. The fourth-order valence-electron chi connectivity index (χ4n) is 1.43. The van der Waals surface area contributed by atoms with Gasteiger partial charge in [-0.3, -0.25) is 9.59 Å². The van der Waals surface area contributed by atoms with E-state index in [1.165, 1.54) is 31.7 Å². The third kappa shape index (κ3) is 4.45. The first-order valence-electron chi connectivity index (χ1n) is 5.61. The molecule has 18 heavy (non-hydrogen) atoms. The molecule has 0 saturated heterocycles. The minimum Gasteiger partial charge on any atom is -0.294 e. The summed E-state index contributed by atoms with van der Waals surface area (Å²) in [5, 5.41) is 0.0770. The Bertz CT molecular complexity index is 481. The highest BCUT2D eigenvalue weighted by atomic mass is 32.2. The fraction of sp³-hybridized carbons (Fsp3) is 0.286. The third-order valence-corrected chi connectivity index (χ3v) is 3.14. The van der Waals surface area contributed by atoms with Crippen molar-refractivity contribution in [2.45, 2.75) is 20.3 Å². The van der Waals surface area contributed by atoms with Crippen molar-refractivity contribution < 1.29 is 14.0 Å². The van der Waals surface area contributed by atoms with Crippen LogP contribution < -0.4 is 0 Å². The molecule has 0 atom stereocenters. The summed E-state index contributed by atoms with van der Waals surface area (Å²) in [6, 6.07) is 4.75. The molecule has 0 aliphatic carbocycles. The molecule has 0 N–H and O–H groups in total. The highest BCUT2D eigenvalue weighted by Crippen LogP contribution is 2.15. The second-order valence-corrected chi connectivity index (χ2v) is 5.07. The maximum absolute atomic E-state index is 13.8. The van der Waals surface area contributed by atoms with E-state index in [1.54, 1.807) is 24.3 Å². The summed E-state index contributed by atoms with van der Waals surface area (Å²) in [6.45, 7) is 2.86. The van der Waals surface area contributed by atoms with E-state index in [0.29, 0.717) is 17.7 Å². The number of carbonyl (C=O) groups excluding carboxylic acids is 2. The molecule has 0 heterocycles. The minimum atomic E-state index is -0.486. The van der Waals surface area contributed by atoms with Crippen LogP contribution in [0.2, 0.25) is 0 Å². The van der Waals surface area contributed by atoms with Crippen LogP contribution in [0.25, 0.3) is 6.08 Å². The number of Topliss-reactive ketones (excluding diaryl/α,β-unsaturated/α-hetero) is 1. The number of hydrogen-bond acceptors (Lipinski definition) is 3. The van der Waals surface area contributed by atoms with Gasteiger partial charge in [-0.1, -0.05) is 36.0 Å². The number of allylic oxidation sites excluding steroid dienone is 1. The van der Waals surface area contributed by atoms with Crippen LogP contribution in [0.1, 0.15) is 36.2 Å². The first-order chi connectivity index (χ1) is 8.52. The maximum atomic E-state index is 13.8. The van der Waals surface area contributed by atoms with Gasteiger partial charge in [0.05, 0.1) is 5.56 Å². The highest BCUT2D eigenvalue weighted by Gasteiger charge is 2.09. The van der Waals surface area contributed by atoms with Crippen molar-refractivity contribution in [3.63, 3.8) is 0 Å². The Morgan fingerprint density at radius 1 is 1.33 bits per heavy atom. The van der Waals surface area contributed by atoms with Gasteiger partial charge in [0.25, 0.3) is 0 Å². The summed E-state index contributed by atoms with van der Waals surface area (Å²) in [6.07, 6.45) is 4.13. The van der Waals surface area contributed by atoms with Crippen molar-refractivity contribution in [3.8, 4) is 0 Å². The SMILES string of the molecule is CC(=O)SCCC=Cc1cccc(C(C)=O)c1F. The topological polar surface area (TPSA) is 34.1 Å². The van der Waals surface area contributed by atoms with Gasteiger partial charge in [-0.05, 0) is 19.4 Å². The lowest BCUT2D eigenvalue weighted by Crippen LogP contribution is -1.98. The Balaban J connectivity index is 2.67. The lowest BCUT2D eigenvalue weighted by molar-refractivity contribution is -0.109. The van der Waals surface area contributed by atoms with Crippen LogP contribution in [0.15, 0.2) is 24.3 Å². The average molecular weight is 266 g/mol. The Morgan fingerprint density at radius 3 is 2.67 bits per heavy atom. The molecule has 1 aromatic rings. The van der Waals surface area contributed by atoms with Gasteiger partial charge in [0.15, 0.2) is 10.9 Å². The van der Waals surface area contributed by atoms with E-state index in [-0.39, 0.29) is 16.5 Å².